The van der Waals surface area contributed by atoms with Gasteiger partial charge in [0.15, 0.2) is 0 Å². The lowest BCUT2D eigenvalue weighted by molar-refractivity contribution is -0.129. The number of ether oxygens (including phenoxy) is 4. The monoisotopic (exact) mass is 463 g/mol. The van der Waals surface area contributed by atoms with Crippen LogP contribution in [0.1, 0.15) is 19.4 Å². The zero-order chi connectivity index (χ0) is 24.0. The largest absolute Gasteiger partial charge is 0.491 e. The van der Waals surface area contributed by atoms with Crippen LogP contribution in [0.25, 0.3) is 0 Å². The first-order valence-electron chi connectivity index (χ1n) is 11.3. The Labute approximate surface area is 199 Å². The molecule has 2 aromatic carbocycles. The Kier molecular flexibility index (Phi) is 7.33. The van der Waals surface area contributed by atoms with Gasteiger partial charge in [-0.25, -0.2) is 0 Å². The zero-order valence-corrected chi connectivity index (χ0v) is 19.3. The molecule has 2 aliphatic heterocycles. The fraction of sp³-hybridized carbons (Fsp3) is 0.333. The van der Waals surface area contributed by atoms with Crippen molar-refractivity contribution >= 4 is 18.6 Å². The minimum absolute atomic E-state index is 0.0516. The van der Waals surface area contributed by atoms with Crippen molar-refractivity contribution in [3.05, 3.63) is 83.5 Å². The summed E-state index contributed by atoms with van der Waals surface area (Å²) >= 11 is 0. The van der Waals surface area contributed by atoms with Crippen LogP contribution in [0, 0.1) is 0 Å². The highest BCUT2D eigenvalue weighted by molar-refractivity contribution is 5.54. The van der Waals surface area contributed by atoms with Gasteiger partial charge in [0.1, 0.15) is 30.7 Å². The molecule has 178 valence electrons. The maximum Gasteiger partial charge on any atom is 0.293 e. The number of benzene rings is 2. The quantitative estimate of drug-likeness (QED) is 0.357. The van der Waals surface area contributed by atoms with Crippen LogP contribution in [0.3, 0.4) is 0 Å². The molecule has 1 N–H and O–H groups in total. The fourth-order valence-electron chi connectivity index (χ4n) is 4.58. The van der Waals surface area contributed by atoms with Gasteiger partial charge in [-0.15, -0.1) is 0 Å². The number of carbonyl (C=O) groups is 2. The van der Waals surface area contributed by atoms with Crippen molar-refractivity contribution in [1.82, 2.24) is 0 Å². The molecule has 2 heterocycles. The van der Waals surface area contributed by atoms with Crippen molar-refractivity contribution in [2.75, 3.05) is 18.5 Å². The predicted octanol–water partition coefficient (Wildman–Crippen LogP) is 3.85. The first-order valence-corrected chi connectivity index (χ1v) is 11.3. The number of nitrogens with one attached hydrogen (secondary N) is 1. The standard InChI is InChI=1S/C27H29NO6/c1-19(2)33-22-10-8-20(9-11-22)14-26(28-21-6-4-3-5-7-21)27-13-12-25(34-27)23(15-31-17-29)24(27)16-32-18-30/h3-13,17-19,25-26,28H,14-16H2,1-2H3. The van der Waals surface area contributed by atoms with Crippen LogP contribution >= 0.6 is 0 Å². The second-order valence-corrected chi connectivity index (χ2v) is 8.59. The summed E-state index contributed by atoms with van der Waals surface area (Å²) in [7, 11) is 0. The molecule has 7 heteroatoms. The van der Waals surface area contributed by atoms with Crippen LogP contribution in [0.2, 0.25) is 0 Å². The van der Waals surface area contributed by atoms with E-state index in [0.717, 1.165) is 28.1 Å². The highest BCUT2D eigenvalue weighted by atomic mass is 16.5. The Hall–Kier alpha value is -3.58. The molecule has 0 aromatic heterocycles. The molecular formula is C27H29NO6. The maximum absolute atomic E-state index is 11.0. The van der Waals surface area contributed by atoms with Crippen LogP contribution in [-0.2, 0) is 30.2 Å². The lowest BCUT2D eigenvalue weighted by Crippen LogP contribution is -2.48. The number of rotatable bonds is 13. The fourth-order valence-corrected chi connectivity index (χ4v) is 4.58. The SMILES string of the molecule is CC(C)Oc1ccc(CC(Nc2ccccc2)C23C=CC(O2)C(COC=O)=C3COC=O)cc1. The van der Waals surface area contributed by atoms with Crippen LogP contribution < -0.4 is 10.1 Å². The Bertz CT molecular complexity index is 1050. The van der Waals surface area contributed by atoms with Gasteiger partial charge in [-0.2, -0.15) is 0 Å². The molecule has 0 spiro atoms. The molecule has 34 heavy (non-hydrogen) atoms. The van der Waals surface area contributed by atoms with Crippen molar-refractivity contribution < 1.29 is 28.5 Å². The van der Waals surface area contributed by atoms with E-state index in [0.29, 0.717) is 19.4 Å². The van der Waals surface area contributed by atoms with Crippen molar-refractivity contribution in [3.8, 4) is 5.75 Å². The van der Waals surface area contributed by atoms with Crippen LogP contribution in [-0.4, -0.2) is 50.0 Å². The summed E-state index contributed by atoms with van der Waals surface area (Å²) in [6.45, 7) is 4.95. The summed E-state index contributed by atoms with van der Waals surface area (Å²) < 4.78 is 22.5. The molecule has 4 rings (SSSR count). The second kappa shape index (κ2) is 10.6. The minimum Gasteiger partial charge on any atom is -0.491 e. The smallest absolute Gasteiger partial charge is 0.293 e. The number of fused-ring (bicyclic) bond motifs is 2. The van der Waals surface area contributed by atoms with Crippen molar-refractivity contribution in [3.63, 3.8) is 0 Å². The number of anilines is 1. The first kappa shape index (κ1) is 23.6. The molecule has 0 saturated heterocycles. The van der Waals surface area contributed by atoms with Gasteiger partial charge in [0.05, 0.1) is 12.1 Å². The molecule has 0 amide bonds. The Balaban J connectivity index is 1.68. The topological polar surface area (TPSA) is 83.1 Å². The Morgan fingerprint density at radius 1 is 1.00 bits per heavy atom. The van der Waals surface area contributed by atoms with E-state index in [1.165, 1.54) is 0 Å². The average Bonchev–Trinajstić information content (AvgIpc) is 3.40. The Morgan fingerprint density at radius 2 is 1.71 bits per heavy atom. The number of para-hydroxylation sites is 1. The lowest BCUT2D eigenvalue weighted by Gasteiger charge is -2.37. The predicted molar refractivity (Wildman–Crippen MR) is 128 cm³/mol. The molecule has 7 nitrogen and oxygen atoms in total. The van der Waals surface area contributed by atoms with E-state index in [-0.39, 0.29) is 31.5 Å². The van der Waals surface area contributed by atoms with E-state index in [9.17, 15) is 9.59 Å². The summed E-state index contributed by atoms with van der Waals surface area (Å²) in [4.78, 5) is 21.9. The average molecular weight is 464 g/mol. The summed E-state index contributed by atoms with van der Waals surface area (Å²) in [6, 6.07) is 17.7. The molecule has 3 atom stereocenters. The van der Waals surface area contributed by atoms with Gasteiger partial charge in [0.2, 0.25) is 0 Å². The van der Waals surface area contributed by atoms with Crippen LogP contribution in [0.4, 0.5) is 5.69 Å². The van der Waals surface area contributed by atoms with Gasteiger partial charge in [-0.1, -0.05) is 36.4 Å². The van der Waals surface area contributed by atoms with Gasteiger partial charge in [0.25, 0.3) is 12.9 Å². The molecule has 0 saturated carbocycles. The molecule has 0 fully saturated rings. The number of carbonyl (C=O) groups excluding carboxylic acids is 2. The van der Waals surface area contributed by atoms with Gasteiger partial charge >= 0.3 is 0 Å². The number of hydrogen-bond acceptors (Lipinski definition) is 7. The molecule has 3 unspecified atom stereocenters. The van der Waals surface area contributed by atoms with Crippen LogP contribution in [0.15, 0.2) is 77.9 Å². The molecule has 0 aliphatic carbocycles. The van der Waals surface area contributed by atoms with Crippen LogP contribution in [0.5, 0.6) is 5.75 Å². The van der Waals surface area contributed by atoms with Gasteiger partial charge in [-0.05, 0) is 56.2 Å². The van der Waals surface area contributed by atoms with Gasteiger partial charge < -0.3 is 24.3 Å². The van der Waals surface area contributed by atoms with Crippen molar-refractivity contribution in [2.24, 2.45) is 0 Å². The molecule has 2 bridgehead atoms. The summed E-state index contributed by atoms with van der Waals surface area (Å²) in [6.07, 6.45) is 4.37. The summed E-state index contributed by atoms with van der Waals surface area (Å²) in [5.74, 6) is 0.815. The molecule has 2 aromatic rings. The highest BCUT2D eigenvalue weighted by Gasteiger charge is 2.53. The molecule has 0 radical (unpaired) electrons. The normalized spacial score (nSPS) is 21.4. The van der Waals surface area contributed by atoms with Crippen molar-refractivity contribution in [2.45, 2.75) is 44.1 Å². The number of hydrogen-bond donors (Lipinski definition) is 1. The molecular weight excluding hydrogens is 434 g/mol. The van der Waals surface area contributed by atoms with Gasteiger partial charge in [-0.3, -0.25) is 9.59 Å². The third-order valence-electron chi connectivity index (χ3n) is 6.01. The second-order valence-electron chi connectivity index (χ2n) is 8.59. The lowest BCUT2D eigenvalue weighted by atomic mass is 9.79. The van der Waals surface area contributed by atoms with Gasteiger partial charge in [0, 0.05) is 16.8 Å². The van der Waals surface area contributed by atoms with Crippen molar-refractivity contribution in [1.29, 1.82) is 0 Å². The van der Waals surface area contributed by atoms with E-state index in [1.807, 2.05) is 80.6 Å². The summed E-state index contributed by atoms with van der Waals surface area (Å²) in [5.41, 5.74) is 2.76. The zero-order valence-electron chi connectivity index (χ0n) is 19.3. The van der Waals surface area contributed by atoms with E-state index < -0.39 is 5.60 Å². The first-order chi connectivity index (χ1) is 16.6. The minimum atomic E-state index is -0.863. The van der Waals surface area contributed by atoms with E-state index in [4.69, 9.17) is 18.9 Å². The summed E-state index contributed by atoms with van der Waals surface area (Å²) in [5, 5.41) is 3.62. The molecule has 2 aliphatic rings. The highest BCUT2D eigenvalue weighted by Crippen LogP contribution is 2.47. The van der Waals surface area contributed by atoms with E-state index in [2.05, 4.69) is 5.32 Å². The van der Waals surface area contributed by atoms with E-state index in [1.54, 1.807) is 0 Å². The third-order valence-corrected chi connectivity index (χ3v) is 6.01. The maximum atomic E-state index is 11.0. The van der Waals surface area contributed by atoms with E-state index >= 15 is 0 Å². The third kappa shape index (κ3) is 4.99. The Morgan fingerprint density at radius 3 is 2.38 bits per heavy atom.